The summed E-state index contributed by atoms with van der Waals surface area (Å²) >= 11 is 0. The fourth-order valence-electron chi connectivity index (χ4n) is 11.7. The number of esters is 3. The Labute approximate surface area is 457 Å². The Bertz CT molecular complexity index is 2760. The summed E-state index contributed by atoms with van der Waals surface area (Å²) in [5, 5.41) is 15.6. The Hall–Kier alpha value is -5.95. The number of aliphatic hydroxyl groups excluding tert-OH is 1. The molecule has 78 heavy (non-hydrogen) atoms. The molecule has 1 aromatic carbocycles. The maximum Gasteiger partial charge on any atom is 0.509 e. The molecule has 0 spiro atoms. The topological polar surface area (TPSA) is 250 Å². The zero-order valence-electron chi connectivity index (χ0n) is 47.0. The third-order valence-electron chi connectivity index (χ3n) is 15.9. The molecule has 1 saturated carbocycles. The average molecular weight is 1090 g/mol. The molecule has 3 aromatic rings. The molecule has 426 valence electrons. The number of amides is 1. The molecule has 1 amide bonds. The van der Waals surface area contributed by atoms with Crippen LogP contribution in [0.4, 0.5) is 4.79 Å². The van der Waals surface area contributed by atoms with Crippen molar-refractivity contribution < 1.29 is 62.2 Å². The van der Waals surface area contributed by atoms with E-state index < -0.39 is 101 Å². The Morgan fingerprint density at radius 2 is 1.76 bits per heavy atom. The van der Waals surface area contributed by atoms with Crippen molar-refractivity contribution in [3.8, 4) is 11.8 Å². The highest BCUT2D eigenvalue weighted by Gasteiger charge is 2.58. The maximum atomic E-state index is 14.7. The van der Waals surface area contributed by atoms with E-state index in [0.29, 0.717) is 42.6 Å². The molecule has 7 rings (SSSR count). The van der Waals surface area contributed by atoms with Gasteiger partial charge in [-0.2, -0.15) is 0 Å². The number of cyclic esters (lactones) is 1. The van der Waals surface area contributed by atoms with E-state index in [1.807, 2.05) is 75.3 Å². The number of ether oxygens (including phenoxy) is 7. The summed E-state index contributed by atoms with van der Waals surface area (Å²) in [5.41, 5.74) is 3.88. The van der Waals surface area contributed by atoms with Crippen LogP contribution in [0.5, 0.6) is 0 Å². The normalized spacial score (nSPS) is 32.1. The van der Waals surface area contributed by atoms with Crippen LogP contribution in [0.1, 0.15) is 128 Å². The highest BCUT2D eigenvalue weighted by molar-refractivity contribution is 5.96. The molecule has 4 fully saturated rings. The molecule has 14 atom stereocenters. The molecular formula is C58H80N6O14. The highest BCUT2D eigenvalue weighted by Crippen LogP contribution is 2.42. The molecule has 3 saturated heterocycles. The first-order valence-corrected chi connectivity index (χ1v) is 27.4. The molecule has 0 bridgehead atoms. The van der Waals surface area contributed by atoms with Gasteiger partial charge in [0.05, 0.1) is 36.1 Å². The molecule has 4 N–H and O–H groups in total. The minimum absolute atomic E-state index is 0.0567. The quantitative estimate of drug-likeness (QED) is 0.0778. The fourth-order valence-corrected chi connectivity index (χ4v) is 11.7. The Kier molecular flexibility index (Phi) is 19.5. The Morgan fingerprint density at radius 1 is 1.01 bits per heavy atom. The van der Waals surface area contributed by atoms with Crippen LogP contribution in [0.3, 0.4) is 0 Å². The van der Waals surface area contributed by atoms with Gasteiger partial charge >= 0.3 is 24.1 Å². The zero-order valence-corrected chi connectivity index (χ0v) is 47.0. The van der Waals surface area contributed by atoms with Gasteiger partial charge in [-0.3, -0.25) is 33.9 Å². The molecule has 20 heteroatoms. The molecule has 1 aliphatic carbocycles. The van der Waals surface area contributed by atoms with Crippen LogP contribution in [0.15, 0.2) is 53.6 Å². The van der Waals surface area contributed by atoms with E-state index in [2.05, 4.69) is 22.1 Å². The van der Waals surface area contributed by atoms with Crippen LogP contribution in [0.2, 0.25) is 0 Å². The lowest BCUT2D eigenvalue weighted by atomic mass is 9.77. The number of aromatic nitrogens is 2. The van der Waals surface area contributed by atoms with E-state index in [1.165, 1.54) is 0 Å². The van der Waals surface area contributed by atoms with Crippen molar-refractivity contribution in [2.24, 2.45) is 23.5 Å². The van der Waals surface area contributed by atoms with Gasteiger partial charge in [0.25, 0.3) is 5.91 Å². The zero-order chi connectivity index (χ0) is 56.8. The lowest BCUT2D eigenvalue weighted by Crippen LogP contribution is -2.60. The lowest BCUT2D eigenvalue weighted by Gasteiger charge is -2.48. The summed E-state index contributed by atoms with van der Waals surface area (Å²) in [6.45, 7) is 15.4. The van der Waals surface area contributed by atoms with Crippen molar-refractivity contribution in [1.82, 2.24) is 24.7 Å². The molecule has 4 aliphatic rings. The Balaban J connectivity index is 1.18. The van der Waals surface area contributed by atoms with E-state index >= 15 is 0 Å². The molecule has 2 aromatic heterocycles. The van der Waals surface area contributed by atoms with E-state index in [0.717, 1.165) is 18.4 Å². The molecule has 0 unspecified atom stereocenters. The lowest BCUT2D eigenvalue weighted by molar-refractivity contribution is -0.301. The second kappa shape index (κ2) is 25.4. The van der Waals surface area contributed by atoms with Gasteiger partial charge in [-0.05, 0) is 124 Å². The van der Waals surface area contributed by atoms with Crippen molar-refractivity contribution in [2.75, 3.05) is 40.8 Å². The number of nitrogens with one attached hydrogen (secondary N) is 1. The van der Waals surface area contributed by atoms with Crippen molar-refractivity contribution in [1.29, 1.82) is 0 Å². The van der Waals surface area contributed by atoms with E-state index in [4.69, 9.17) is 38.9 Å². The number of hydrogen-bond donors (Lipinski definition) is 3. The highest BCUT2D eigenvalue weighted by atomic mass is 16.8. The van der Waals surface area contributed by atoms with Crippen LogP contribution in [-0.4, -0.2) is 161 Å². The molecular weight excluding hydrogens is 1000 g/mol. The maximum absolute atomic E-state index is 14.7. The number of nitrogens with zero attached hydrogens (tertiary/aromatic N) is 4. The average Bonchev–Trinajstić information content (AvgIpc) is 4.36. The summed E-state index contributed by atoms with van der Waals surface area (Å²) in [6, 6.07) is 9.90. The number of pyridine rings is 2. The first kappa shape index (κ1) is 59.7. The minimum Gasteiger partial charge on any atom is -0.461 e. The summed E-state index contributed by atoms with van der Waals surface area (Å²) in [7, 11) is 5.60. The van der Waals surface area contributed by atoms with E-state index in [1.54, 1.807) is 64.4 Å². The second-order valence-electron chi connectivity index (χ2n) is 22.6. The number of aliphatic hydroxyl groups is 1. The number of benzene rings is 1. The van der Waals surface area contributed by atoms with Crippen molar-refractivity contribution in [3.05, 3.63) is 75.8 Å². The van der Waals surface area contributed by atoms with Gasteiger partial charge in [-0.1, -0.05) is 38.7 Å². The number of carbonyl (C=O) groups excluding carboxylic acids is 5. The van der Waals surface area contributed by atoms with Gasteiger partial charge in [0, 0.05) is 73.4 Å². The number of nitrogens with two attached hydrogens (primary N) is 1. The number of fused-ring (bicyclic) bond motifs is 2. The van der Waals surface area contributed by atoms with Crippen molar-refractivity contribution >= 4 is 40.9 Å². The van der Waals surface area contributed by atoms with Gasteiger partial charge in [0.2, 0.25) is 5.43 Å². The van der Waals surface area contributed by atoms with E-state index in [-0.39, 0.29) is 61.9 Å². The summed E-state index contributed by atoms with van der Waals surface area (Å²) in [6.07, 6.45) is -1.99. The Morgan fingerprint density at radius 3 is 2.42 bits per heavy atom. The van der Waals surface area contributed by atoms with Gasteiger partial charge in [0.1, 0.15) is 35.6 Å². The van der Waals surface area contributed by atoms with Crippen LogP contribution >= 0.6 is 0 Å². The van der Waals surface area contributed by atoms with Gasteiger partial charge in [-0.15, -0.1) is 0 Å². The second-order valence-corrected chi connectivity index (χ2v) is 22.6. The SMILES string of the molecule is CC[C@H]1OC(=O)[C@H](C)[C@@H](OC(=O)Cc2ccccn2)[C@H](C)[C@@H](O[C@@H]2O[C@H](C)C[C@H](N(C)C)[C@H]2O)[C@](C)(OC(=O)CCNCCC#Cc2ccc3c(c2)c(=O)c(C(N)=O)cn3C2CC2)C[C@@H](C)CN(C)[C@H](C)[C@H]2OC(=O)O[C@@]21C. The molecule has 20 nitrogen and oxygen atoms in total. The van der Waals surface area contributed by atoms with Crippen LogP contribution < -0.4 is 16.5 Å². The third-order valence-corrected chi connectivity index (χ3v) is 15.9. The third kappa shape index (κ3) is 13.9. The van der Waals surface area contributed by atoms with E-state index in [9.17, 15) is 33.9 Å². The summed E-state index contributed by atoms with van der Waals surface area (Å²) < 4.78 is 46.4. The molecule has 0 radical (unpaired) electrons. The van der Waals surface area contributed by atoms with Crippen LogP contribution in [-0.2, 0) is 54.0 Å². The summed E-state index contributed by atoms with van der Waals surface area (Å²) in [4.78, 5) is 89.8. The standard InChI is InChI=1S/C58H80N6O14/c1-12-45-58(8)52(76-56(71)78-58)37(6)63(11)31-33(2)30-57(7,77-46(65)23-26-60-24-15-13-17-38-19-22-43-41(28-38)48(67)42(53(59)69)32-64(43)40-20-21-40)51(75-55-49(68)44(62(9)10)27-34(3)72-55)35(4)50(36(5)54(70)73-45)74-47(66)29-39-18-14-16-25-61-39/h14,16,18-19,22,25,28,32-37,40,44-45,49-52,55,60,68H,12,15,20-21,23-24,26-27,29-31H2,1-11H3,(H2,59,69)/t33-,34-,35+,36-,37-,44+,45-,49-,50+,51-,52-,55+,57-,58-/m1/s1. The predicted molar refractivity (Wildman–Crippen MR) is 288 cm³/mol. The first-order chi connectivity index (χ1) is 36.9. The number of primary amides is 1. The smallest absolute Gasteiger partial charge is 0.461 e. The van der Waals surface area contributed by atoms with Crippen LogP contribution in [0.25, 0.3) is 10.9 Å². The number of hydrogen-bond acceptors (Lipinski definition) is 18. The molecule has 5 heterocycles. The minimum atomic E-state index is -1.55. The molecule has 3 aliphatic heterocycles. The predicted octanol–water partition coefficient (Wildman–Crippen LogP) is 5.07. The first-order valence-electron chi connectivity index (χ1n) is 27.4. The van der Waals surface area contributed by atoms with Crippen LogP contribution in [0, 0.1) is 29.6 Å². The van der Waals surface area contributed by atoms with Gasteiger partial charge in [0.15, 0.2) is 18.0 Å². The number of likely N-dealkylation sites (N-methyl/N-ethyl adjacent to an activating group) is 2. The van der Waals surface area contributed by atoms with Crippen molar-refractivity contribution in [3.63, 3.8) is 0 Å². The van der Waals surface area contributed by atoms with Gasteiger partial charge < -0.3 is 58.8 Å². The fraction of sp³-hybridized carbons (Fsp3) is 0.638. The number of carbonyl (C=O) groups is 5. The monoisotopic (exact) mass is 1080 g/mol. The largest absolute Gasteiger partial charge is 0.509 e. The van der Waals surface area contributed by atoms with Gasteiger partial charge in [-0.25, -0.2) is 4.79 Å². The summed E-state index contributed by atoms with van der Waals surface area (Å²) in [5.74, 6) is 1.02. The van der Waals surface area contributed by atoms with Crippen molar-refractivity contribution in [2.45, 2.75) is 179 Å². The number of rotatable bonds is 15.